The monoisotopic (exact) mass is 221 g/mol. The van der Waals surface area contributed by atoms with Crippen LogP contribution in [-0.2, 0) is 4.74 Å². The number of methoxy groups -OCH3 is 1. The number of para-hydroxylation sites is 1. The van der Waals surface area contributed by atoms with Crippen LogP contribution >= 0.6 is 0 Å². The molecular formula is C13H19NO2. The average Bonchev–Trinajstić information content (AvgIpc) is 2.38. The molecule has 1 aromatic rings. The molecule has 0 spiro atoms. The van der Waals surface area contributed by atoms with Crippen LogP contribution in [0.2, 0.25) is 0 Å². The highest BCUT2D eigenvalue weighted by molar-refractivity contribution is 5.35. The largest absolute Gasteiger partial charge is 0.496 e. The van der Waals surface area contributed by atoms with Crippen LogP contribution in [0.25, 0.3) is 0 Å². The molecule has 1 aliphatic heterocycles. The van der Waals surface area contributed by atoms with Crippen LogP contribution < -0.4 is 10.1 Å². The van der Waals surface area contributed by atoms with E-state index in [9.17, 15) is 0 Å². The number of hydrogen-bond acceptors (Lipinski definition) is 3. The Hall–Kier alpha value is -1.06. The van der Waals surface area contributed by atoms with Crippen molar-refractivity contribution in [1.29, 1.82) is 0 Å². The highest BCUT2D eigenvalue weighted by Crippen LogP contribution is 2.33. The molecule has 0 radical (unpaired) electrons. The van der Waals surface area contributed by atoms with Gasteiger partial charge in [0.25, 0.3) is 0 Å². The summed E-state index contributed by atoms with van der Waals surface area (Å²) in [6.07, 6.45) is 2.25. The summed E-state index contributed by atoms with van der Waals surface area (Å²) in [5.41, 5.74) is 1.16. The number of rotatable bonds is 3. The van der Waals surface area contributed by atoms with E-state index in [0.29, 0.717) is 6.04 Å². The number of nitrogens with one attached hydrogen (secondary N) is 1. The molecule has 16 heavy (non-hydrogen) atoms. The summed E-state index contributed by atoms with van der Waals surface area (Å²) in [7, 11) is 3.71. The zero-order valence-corrected chi connectivity index (χ0v) is 9.90. The van der Waals surface area contributed by atoms with Crippen molar-refractivity contribution in [3.8, 4) is 5.75 Å². The van der Waals surface area contributed by atoms with Crippen LogP contribution in [-0.4, -0.2) is 26.8 Å². The minimum absolute atomic E-state index is 0.155. The van der Waals surface area contributed by atoms with Crippen LogP contribution in [0.4, 0.5) is 0 Å². The van der Waals surface area contributed by atoms with Gasteiger partial charge in [-0.3, -0.25) is 0 Å². The predicted molar refractivity (Wildman–Crippen MR) is 63.8 cm³/mol. The van der Waals surface area contributed by atoms with Crippen LogP contribution in [0.3, 0.4) is 0 Å². The Kier molecular flexibility index (Phi) is 3.80. The minimum atomic E-state index is 0.155. The molecule has 0 saturated carbocycles. The van der Waals surface area contributed by atoms with E-state index in [1.54, 1.807) is 7.11 Å². The zero-order chi connectivity index (χ0) is 11.4. The first kappa shape index (κ1) is 11.4. The highest BCUT2D eigenvalue weighted by atomic mass is 16.5. The average molecular weight is 221 g/mol. The van der Waals surface area contributed by atoms with Gasteiger partial charge >= 0.3 is 0 Å². The lowest BCUT2D eigenvalue weighted by atomic mass is 9.97. The highest BCUT2D eigenvalue weighted by Gasteiger charge is 2.24. The van der Waals surface area contributed by atoms with Gasteiger partial charge in [0.05, 0.1) is 13.2 Å². The van der Waals surface area contributed by atoms with Crippen molar-refractivity contribution >= 4 is 0 Å². The smallest absolute Gasteiger partial charge is 0.124 e. The molecule has 2 unspecified atom stereocenters. The molecule has 1 N–H and O–H groups in total. The Morgan fingerprint density at radius 1 is 1.38 bits per heavy atom. The van der Waals surface area contributed by atoms with Crippen molar-refractivity contribution in [2.45, 2.75) is 25.0 Å². The third-order valence-electron chi connectivity index (χ3n) is 3.18. The van der Waals surface area contributed by atoms with Crippen molar-refractivity contribution in [2.24, 2.45) is 0 Å². The van der Waals surface area contributed by atoms with E-state index in [1.807, 2.05) is 25.2 Å². The molecule has 0 aliphatic carbocycles. The Labute approximate surface area is 96.8 Å². The molecule has 1 aromatic carbocycles. The second-order valence-electron chi connectivity index (χ2n) is 4.11. The Balaban J connectivity index is 2.16. The molecule has 0 bridgehead atoms. The molecule has 1 fully saturated rings. The van der Waals surface area contributed by atoms with Crippen LogP contribution in [0.1, 0.15) is 24.5 Å². The van der Waals surface area contributed by atoms with Gasteiger partial charge < -0.3 is 14.8 Å². The van der Waals surface area contributed by atoms with Gasteiger partial charge in [0.1, 0.15) is 5.75 Å². The Morgan fingerprint density at radius 2 is 2.19 bits per heavy atom. The van der Waals surface area contributed by atoms with Gasteiger partial charge in [0, 0.05) is 18.2 Å². The summed E-state index contributed by atoms with van der Waals surface area (Å²) >= 11 is 0. The van der Waals surface area contributed by atoms with Gasteiger partial charge in [0.2, 0.25) is 0 Å². The van der Waals surface area contributed by atoms with Crippen LogP contribution in [0.15, 0.2) is 24.3 Å². The first-order valence-electron chi connectivity index (χ1n) is 5.77. The first-order chi connectivity index (χ1) is 7.85. The molecule has 88 valence electrons. The third-order valence-corrected chi connectivity index (χ3v) is 3.18. The molecule has 1 heterocycles. The van der Waals surface area contributed by atoms with E-state index in [0.717, 1.165) is 30.8 Å². The number of hydrogen-bond donors (Lipinski definition) is 1. The molecule has 3 heteroatoms. The van der Waals surface area contributed by atoms with E-state index in [4.69, 9.17) is 9.47 Å². The number of benzene rings is 1. The standard InChI is InChI=1S/C13H19NO2/c1-14-10-7-8-16-13(9-10)11-5-3-4-6-12(11)15-2/h3-6,10,13-14H,7-9H2,1-2H3. The fourth-order valence-electron chi connectivity index (χ4n) is 2.21. The first-order valence-corrected chi connectivity index (χ1v) is 5.77. The maximum atomic E-state index is 5.82. The second kappa shape index (κ2) is 5.32. The summed E-state index contributed by atoms with van der Waals surface area (Å²) in [6, 6.07) is 8.64. The molecule has 3 nitrogen and oxygen atoms in total. The van der Waals surface area contributed by atoms with E-state index >= 15 is 0 Å². The van der Waals surface area contributed by atoms with Crippen LogP contribution in [0, 0.1) is 0 Å². The summed E-state index contributed by atoms with van der Waals surface area (Å²) in [6.45, 7) is 0.814. The molecule has 1 saturated heterocycles. The molecule has 1 aliphatic rings. The van der Waals surface area contributed by atoms with Gasteiger partial charge in [0.15, 0.2) is 0 Å². The minimum Gasteiger partial charge on any atom is -0.496 e. The quantitative estimate of drug-likeness (QED) is 0.848. The predicted octanol–water partition coefficient (Wildman–Crippen LogP) is 2.13. The summed E-state index contributed by atoms with van der Waals surface area (Å²) < 4.78 is 11.2. The fourth-order valence-corrected chi connectivity index (χ4v) is 2.21. The normalized spacial score (nSPS) is 25.4. The van der Waals surface area contributed by atoms with E-state index in [-0.39, 0.29) is 6.10 Å². The summed E-state index contributed by atoms with van der Waals surface area (Å²) in [5.74, 6) is 0.921. The topological polar surface area (TPSA) is 30.5 Å². The van der Waals surface area contributed by atoms with E-state index < -0.39 is 0 Å². The second-order valence-corrected chi connectivity index (χ2v) is 4.11. The van der Waals surface area contributed by atoms with Crippen molar-refractivity contribution < 1.29 is 9.47 Å². The zero-order valence-electron chi connectivity index (χ0n) is 9.90. The fraction of sp³-hybridized carbons (Fsp3) is 0.538. The van der Waals surface area contributed by atoms with Crippen LogP contribution in [0.5, 0.6) is 5.75 Å². The lowest BCUT2D eigenvalue weighted by Gasteiger charge is -2.30. The molecular weight excluding hydrogens is 202 g/mol. The van der Waals surface area contributed by atoms with Gasteiger partial charge in [-0.15, -0.1) is 0 Å². The Morgan fingerprint density at radius 3 is 2.94 bits per heavy atom. The van der Waals surface area contributed by atoms with Gasteiger partial charge in [-0.05, 0) is 26.0 Å². The van der Waals surface area contributed by atoms with Gasteiger partial charge in [-0.25, -0.2) is 0 Å². The van der Waals surface area contributed by atoms with Crippen molar-refractivity contribution in [1.82, 2.24) is 5.32 Å². The van der Waals surface area contributed by atoms with Crippen molar-refractivity contribution in [2.75, 3.05) is 20.8 Å². The SMILES string of the molecule is CNC1CCOC(c2ccccc2OC)C1. The summed E-state index contributed by atoms with van der Waals surface area (Å²) in [4.78, 5) is 0. The molecule has 0 aromatic heterocycles. The lowest BCUT2D eigenvalue weighted by molar-refractivity contribution is 0.000326. The van der Waals surface area contributed by atoms with Gasteiger partial charge in [-0.1, -0.05) is 18.2 Å². The maximum absolute atomic E-state index is 5.82. The lowest BCUT2D eigenvalue weighted by Crippen LogP contribution is -2.33. The van der Waals surface area contributed by atoms with Gasteiger partial charge in [-0.2, -0.15) is 0 Å². The maximum Gasteiger partial charge on any atom is 0.124 e. The van der Waals surface area contributed by atoms with Crippen molar-refractivity contribution in [3.05, 3.63) is 29.8 Å². The third kappa shape index (κ3) is 2.36. The summed E-state index contributed by atoms with van der Waals surface area (Å²) in [5, 5.41) is 3.32. The van der Waals surface area contributed by atoms with Crippen molar-refractivity contribution in [3.63, 3.8) is 0 Å². The van der Waals surface area contributed by atoms with E-state index in [2.05, 4.69) is 11.4 Å². The molecule has 2 atom stereocenters. The molecule has 2 rings (SSSR count). The van der Waals surface area contributed by atoms with E-state index in [1.165, 1.54) is 0 Å². The Bertz CT molecular complexity index is 340. The molecule has 0 amide bonds. The number of ether oxygens (including phenoxy) is 2.